The molecular formula is C18H21Cl2N3O. The lowest BCUT2D eigenvalue weighted by molar-refractivity contribution is 0.0692. The molecule has 0 aliphatic carbocycles. The smallest absolute Gasteiger partial charge is 0.255 e. The third-order valence-electron chi connectivity index (χ3n) is 3.78. The molecule has 0 saturated carbocycles. The molecule has 0 radical (unpaired) electrons. The Labute approximate surface area is 153 Å². The molecule has 24 heavy (non-hydrogen) atoms. The Kier molecular flexibility index (Phi) is 6.88. The van der Waals surface area contributed by atoms with Gasteiger partial charge in [0.1, 0.15) is 5.84 Å². The number of hydrogen-bond donors (Lipinski definition) is 0. The van der Waals surface area contributed by atoms with Crippen molar-refractivity contribution in [2.75, 3.05) is 26.2 Å². The second-order valence-corrected chi connectivity index (χ2v) is 6.23. The van der Waals surface area contributed by atoms with Crippen LogP contribution in [-0.2, 0) is 0 Å². The predicted molar refractivity (Wildman–Crippen MR) is 101 cm³/mol. The quantitative estimate of drug-likeness (QED) is 0.590. The van der Waals surface area contributed by atoms with Gasteiger partial charge in [-0.25, -0.2) is 4.99 Å². The zero-order valence-corrected chi connectivity index (χ0v) is 15.2. The summed E-state index contributed by atoms with van der Waals surface area (Å²) in [4.78, 5) is 20.9. The van der Waals surface area contributed by atoms with E-state index in [1.807, 2.05) is 6.08 Å². The van der Waals surface area contributed by atoms with E-state index >= 15 is 0 Å². The third kappa shape index (κ3) is 4.62. The number of amides is 1. The van der Waals surface area contributed by atoms with E-state index in [2.05, 4.69) is 29.5 Å². The molecule has 4 nitrogen and oxygen atoms in total. The average Bonchev–Trinajstić information content (AvgIpc) is 2.60. The molecule has 1 amide bonds. The Morgan fingerprint density at radius 2 is 1.92 bits per heavy atom. The maximum absolute atomic E-state index is 12.7. The monoisotopic (exact) mass is 365 g/mol. The lowest BCUT2D eigenvalue weighted by atomic mass is 10.1. The molecule has 0 spiro atoms. The van der Waals surface area contributed by atoms with Gasteiger partial charge in [-0.05, 0) is 30.7 Å². The Balaban J connectivity index is 2.05. The van der Waals surface area contributed by atoms with Crippen LogP contribution in [0.15, 0.2) is 48.1 Å². The lowest BCUT2D eigenvalue weighted by Gasteiger charge is -2.36. The maximum Gasteiger partial charge on any atom is 0.255 e. The first-order chi connectivity index (χ1) is 11.6. The summed E-state index contributed by atoms with van der Waals surface area (Å²) in [6.07, 6.45) is 6.54. The van der Waals surface area contributed by atoms with Gasteiger partial charge in [0.25, 0.3) is 5.91 Å². The fraction of sp³-hybridized carbons (Fsp3) is 0.333. The van der Waals surface area contributed by atoms with Gasteiger partial charge in [0.2, 0.25) is 0 Å². The summed E-state index contributed by atoms with van der Waals surface area (Å²) in [5, 5.41) is 0.929. The van der Waals surface area contributed by atoms with Crippen LogP contribution in [0.25, 0.3) is 0 Å². The number of aliphatic imine (C=N–C) groups is 1. The zero-order valence-electron chi connectivity index (χ0n) is 13.7. The molecule has 128 valence electrons. The van der Waals surface area contributed by atoms with E-state index in [4.69, 9.17) is 23.2 Å². The van der Waals surface area contributed by atoms with Gasteiger partial charge in [-0.2, -0.15) is 0 Å². The third-order valence-corrected chi connectivity index (χ3v) is 4.34. The van der Waals surface area contributed by atoms with Crippen LogP contribution in [0.4, 0.5) is 0 Å². The van der Waals surface area contributed by atoms with Crippen molar-refractivity contribution in [3.05, 3.63) is 58.7 Å². The van der Waals surface area contributed by atoms with Gasteiger partial charge in [0, 0.05) is 37.4 Å². The molecule has 0 atom stereocenters. The van der Waals surface area contributed by atoms with Crippen molar-refractivity contribution < 1.29 is 4.79 Å². The highest BCUT2D eigenvalue weighted by Gasteiger charge is 2.24. The summed E-state index contributed by atoms with van der Waals surface area (Å²) in [6, 6.07) is 4.95. The normalized spacial score (nSPS) is 15.9. The number of nitrogens with zero attached hydrogens (tertiary/aromatic N) is 3. The fourth-order valence-corrected chi connectivity index (χ4v) is 2.89. The first kappa shape index (κ1) is 18.6. The van der Waals surface area contributed by atoms with Gasteiger partial charge in [0.15, 0.2) is 0 Å². The number of piperazine rings is 1. The SMILES string of the molecule is C=CN=C(/C=C\CC)N1CCN(C(=O)c2cc(Cl)ccc2Cl)CC1. The molecule has 1 aromatic carbocycles. The van der Waals surface area contributed by atoms with Crippen LogP contribution in [0.5, 0.6) is 0 Å². The fourth-order valence-electron chi connectivity index (χ4n) is 2.52. The average molecular weight is 366 g/mol. The van der Waals surface area contributed by atoms with Gasteiger partial charge in [-0.15, -0.1) is 0 Å². The van der Waals surface area contributed by atoms with E-state index in [1.54, 1.807) is 29.3 Å². The molecule has 0 bridgehead atoms. The minimum Gasteiger partial charge on any atom is -0.353 e. The van der Waals surface area contributed by atoms with E-state index in [0.29, 0.717) is 41.8 Å². The van der Waals surface area contributed by atoms with Crippen molar-refractivity contribution in [2.24, 2.45) is 4.99 Å². The minimum atomic E-state index is -0.0894. The molecule has 6 heteroatoms. The topological polar surface area (TPSA) is 35.9 Å². The molecule has 2 rings (SSSR count). The van der Waals surface area contributed by atoms with Gasteiger partial charge in [-0.1, -0.05) is 42.8 Å². The van der Waals surface area contributed by atoms with E-state index in [-0.39, 0.29) is 5.91 Å². The van der Waals surface area contributed by atoms with Gasteiger partial charge < -0.3 is 9.80 Å². The van der Waals surface area contributed by atoms with E-state index < -0.39 is 0 Å². The van der Waals surface area contributed by atoms with Crippen LogP contribution in [0, 0.1) is 0 Å². The van der Waals surface area contributed by atoms with Crippen LogP contribution in [0.2, 0.25) is 10.0 Å². The number of allylic oxidation sites excluding steroid dienone is 1. The highest BCUT2D eigenvalue weighted by molar-refractivity contribution is 6.35. The predicted octanol–water partition coefficient (Wildman–Crippen LogP) is 4.26. The van der Waals surface area contributed by atoms with Crippen LogP contribution in [0.3, 0.4) is 0 Å². The summed E-state index contributed by atoms with van der Waals surface area (Å²) in [6.45, 7) is 8.38. The number of carbonyl (C=O) groups excluding carboxylic acids is 1. The van der Waals surface area contributed by atoms with Gasteiger partial charge in [-0.3, -0.25) is 4.79 Å². The van der Waals surface area contributed by atoms with Gasteiger partial charge >= 0.3 is 0 Å². The highest BCUT2D eigenvalue weighted by Crippen LogP contribution is 2.22. The van der Waals surface area contributed by atoms with Crippen molar-refractivity contribution in [1.82, 2.24) is 9.80 Å². The van der Waals surface area contributed by atoms with E-state index in [1.165, 1.54) is 0 Å². The first-order valence-electron chi connectivity index (χ1n) is 7.91. The number of halogens is 2. The molecule has 0 aromatic heterocycles. The standard InChI is InChI=1S/C18H21Cl2N3O/c1-3-5-6-17(21-4-2)22-9-11-23(12-10-22)18(24)15-13-14(19)7-8-16(15)20/h4-8,13H,2-3,9-12H2,1H3/b6-5-,21-17?. The molecule has 1 aromatic rings. The van der Waals surface area contributed by atoms with E-state index in [9.17, 15) is 4.79 Å². The van der Waals surface area contributed by atoms with Crippen LogP contribution < -0.4 is 0 Å². The molecule has 0 unspecified atom stereocenters. The Morgan fingerprint density at radius 3 is 2.54 bits per heavy atom. The van der Waals surface area contributed by atoms with Crippen molar-refractivity contribution in [2.45, 2.75) is 13.3 Å². The van der Waals surface area contributed by atoms with E-state index in [0.717, 1.165) is 12.3 Å². The zero-order chi connectivity index (χ0) is 17.5. The van der Waals surface area contributed by atoms with Gasteiger partial charge in [0.05, 0.1) is 10.6 Å². The van der Waals surface area contributed by atoms with Crippen LogP contribution in [-0.4, -0.2) is 47.7 Å². The number of carbonyl (C=O) groups is 1. The van der Waals surface area contributed by atoms with Crippen molar-refractivity contribution in [3.63, 3.8) is 0 Å². The molecule has 0 N–H and O–H groups in total. The van der Waals surface area contributed by atoms with Crippen LogP contribution >= 0.6 is 23.2 Å². The van der Waals surface area contributed by atoms with Crippen LogP contribution in [0.1, 0.15) is 23.7 Å². The summed E-state index contributed by atoms with van der Waals surface area (Å²) < 4.78 is 0. The Hall–Kier alpha value is -1.78. The molecule has 1 heterocycles. The Bertz CT molecular complexity index is 662. The number of amidine groups is 1. The number of rotatable bonds is 4. The second-order valence-electron chi connectivity index (χ2n) is 5.38. The van der Waals surface area contributed by atoms with Crippen molar-refractivity contribution in [1.29, 1.82) is 0 Å². The molecule has 1 fully saturated rings. The Morgan fingerprint density at radius 1 is 1.25 bits per heavy atom. The summed E-state index contributed by atoms with van der Waals surface area (Å²) in [5.74, 6) is 0.785. The minimum absolute atomic E-state index is 0.0894. The molecular weight excluding hydrogens is 345 g/mol. The highest BCUT2D eigenvalue weighted by atomic mass is 35.5. The second kappa shape index (κ2) is 8.90. The largest absolute Gasteiger partial charge is 0.353 e. The number of benzene rings is 1. The van der Waals surface area contributed by atoms with Crippen molar-refractivity contribution in [3.8, 4) is 0 Å². The maximum atomic E-state index is 12.7. The number of hydrogen-bond acceptors (Lipinski definition) is 2. The molecule has 1 aliphatic rings. The summed E-state index contributed by atoms with van der Waals surface area (Å²) in [5.41, 5.74) is 0.448. The molecule has 1 aliphatic heterocycles. The van der Waals surface area contributed by atoms with Crippen molar-refractivity contribution >= 4 is 34.9 Å². The summed E-state index contributed by atoms with van der Waals surface area (Å²) >= 11 is 12.1. The lowest BCUT2D eigenvalue weighted by Crippen LogP contribution is -2.50. The molecule has 1 saturated heterocycles. The summed E-state index contributed by atoms with van der Waals surface area (Å²) in [7, 11) is 0. The first-order valence-corrected chi connectivity index (χ1v) is 8.67.